The Morgan fingerprint density at radius 3 is 2.59 bits per heavy atom. The minimum atomic E-state index is -0.462. The molecule has 0 amide bonds. The monoisotopic (exact) mass is 246 g/mol. The molecule has 0 aromatic heterocycles. The zero-order valence-electron chi connectivity index (χ0n) is 11.0. The van der Waals surface area contributed by atoms with Gasteiger partial charge in [0, 0.05) is 26.7 Å². The van der Waals surface area contributed by atoms with Crippen molar-refractivity contribution in [1.29, 1.82) is 0 Å². The third-order valence-corrected chi connectivity index (χ3v) is 2.88. The molecule has 1 aliphatic heterocycles. The Kier molecular flexibility index (Phi) is 7.72. The Hall–Kier alpha value is -0.200. The van der Waals surface area contributed by atoms with Gasteiger partial charge in [-0.3, -0.25) is 5.43 Å². The zero-order chi connectivity index (χ0) is 12.5. The van der Waals surface area contributed by atoms with Crippen molar-refractivity contribution in [2.24, 2.45) is 0 Å². The molecule has 5 heteroatoms. The zero-order valence-corrected chi connectivity index (χ0v) is 11.0. The fourth-order valence-electron chi connectivity index (χ4n) is 1.90. The van der Waals surface area contributed by atoms with Crippen LogP contribution in [0.1, 0.15) is 26.2 Å². The normalized spacial score (nSPS) is 21.4. The molecule has 2 unspecified atom stereocenters. The molecule has 0 aliphatic carbocycles. The van der Waals surface area contributed by atoms with Crippen LogP contribution in [-0.2, 0) is 9.47 Å². The van der Waals surface area contributed by atoms with Crippen LogP contribution in [0, 0.1) is 0 Å². The van der Waals surface area contributed by atoms with E-state index < -0.39 is 6.10 Å². The molecule has 17 heavy (non-hydrogen) atoms. The molecule has 1 saturated heterocycles. The topological polar surface area (TPSA) is 54.0 Å². The SMILES string of the molecule is COCC(C)OCC(O)CNN1CCCCC1. The van der Waals surface area contributed by atoms with Crippen molar-refractivity contribution >= 4 is 0 Å². The molecule has 0 spiro atoms. The summed E-state index contributed by atoms with van der Waals surface area (Å²) in [7, 11) is 1.65. The summed E-state index contributed by atoms with van der Waals surface area (Å²) < 4.78 is 10.4. The molecule has 1 aliphatic rings. The number of aliphatic hydroxyl groups is 1. The van der Waals surface area contributed by atoms with Crippen LogP contribution in [0.4, 0.5) is 0 Å². The van der Waals surface area contributed by atoms with Crippen molar-refractivity contribution in [2.75, 3.05) is 40.0 Å². The van der Waals surface area contributed by atoms with Gasteiger partial charge in [0.2, 0.25) is 0 Å². The van der Waals surface area contributed by atoms with Crippen molar-refractivity contribution in [1.82, 2.24) is 10.4 Å². The minimum Gasteiger partial charge on any atom is -0.389 e. The largest absolute Gasteiger partial charge is 0.389 e. The van der Waals surface area contributed by atoms with Crippen LogP contribution in [-0.4, -0.2) is 62.3 Å². The molecular formula is C12H26N2O3. The van der Waals surface area contributed by atoms with Gasteiger partial charge in [-0.25, -0.2) is 5.01 Å². The highest BCUT2D eigenvalue weighted by Crippen LogP contribution is 2.05. The van der Waals surface area contributed by atoms with Crippen molar-refractivity contribution in [2.45, 2.75) is 38.4 Å². The number of hydrogen-bond acceptors (Lipinski definition) is 5. The molecule has 102 valence electrons. The molecule has 2 atom stereocenters. The van der Waals surface area contributed by atoms with Gasteiger partial charge in [0.1, 0.15) is 0 Å². The first-order valence-corrected chi connectivity index (χ1v) is 6.49. The number of nitrogens with one attached hydrogen (secondary N) is 1. The molecule has 0 saturated carbocycles. The number of methoxy groups -OCH3 is 1. The van der Waals surface area contributed by atoms with E-state index in [1.54, 1.807) is 7.11 Å². The van der Waals surface area contributed by atoms with E-state index >= 15 is 0 Å². The van der Waals surface area contributed by atoms with E-state index in [1.165, 1.54) is 19.3 Å². The Balaban J connectivity index is 2.01. The van der Waals surface area contributed by atoms with Gasteiger partial charge >= 0.3 is 0 Å². The molecule has 1 heterocycles. The number of piperidine rings is 1. The molecule has 0 bridgehead atoms. The molecule has 0 aromatic rings. The average Bonchev–Trinajstić information content (AvgIpc) is 2.35. The number of aliphatic hydroxyl groups excluding tert-OH is 1. The highest BCUT2D eigenvalue weighted by Gasteiger charge is 2.12. The molecule has 5 nitrogen and oxygen atoms in total. The van der Waals surface area contributed by atoms with Crippen molar-refractivity contribution in [3.05, 3.63) is 0 Å². The maximum atomic E-state index is 9.74. The van der Waals surface area contributed by atoms with E-state index in [-0.39, 0.29) is 6.10 Å². The smallest absolute Gasteiger partial charge is 0.0911 e. The van der Waals surface area contributed by atoms with E-state index in [4.69, 9.17) is 9.47 Å². The van der Waals surface area contributed by atoms with E-state index in [0.717, 1.165) is 13.1 Å². The van der Waals surface area contributed by atoms with Crippen molar-refractivity contribution in [3.8, 4) is 0 Å². The minimum absolute atomic E-state index is 0.0321. The van der Waals surface area contributed by atoms with E-state index in [9.17, 15) is 5.11 Å². The van der Waals surface area contributed by atoms with Gasteiger partial charge in [-0.2, -0.15) is 0 Å². The first kappa shape index (κ1) is 14.9. The molecule has 0 aromatic carbocycles. The van der Waals surface area contributed by atoms with Crippen LogP contribution in [0.2, 0.25) is 0 Å². The van der Waals surface area contributed by atoms with Gasteiger partial charge in [0.05, 0.1) is 25.4 Å². The van der Waals surface area contributed by atoms with Crippen LogP contribution in [0.15, 0.2) is 0 Å². The van der Waals surface area contributed by atoms with E-state index in [2.05, 4.69) is 10.4 Å². The second-order valence-corrected chi connectivity index (χ2v) is 4.66. The van der Waals surface area contributed by atoms with Gasteiger partial charge in [0.15, 0.2) is 0 Å². The average molecular weight is 246 g/mol. The molecule has 0 radical (unpaired) electrons. The second kappa shape index (κ2) is 8.83. The third-order valence-electron chi connectivity index (χ3n) is 2.88. The third kappa shape index (κ3) is 6.95. The van der Waals surface area contributed by atoms with E-state index in [1.807, 2.05) is 6.92 Å². The number of hydrazine groups is 1. The van der Waals surface area contributed by atoms with Gasteiger partial charge < -0.3 is 14.6 Å². The summed E-state index contributed by atoms with van der Waals surface area (Å²) in [6.07, 6.45) is 3.37. The fraction of sp³-hybridized carbons (Fsp3) is 1.00. The number of nitrogens with zero attached hydrogens (tertiary/aromatic N) is 1. The molecule has 1 rings (SSSR count). The molecule has 2 N–H and O–H groups in total. The summed E-state index contributed by atoms with van der Waals surface area (Å²) in [5, 5.41) is 11.9. The maximum Gasteiger partial charge on any atom is 0.0911 e. The number of ether oxygens (including phenoxy) is 2. The summed E-state index contributed by atoms with van der Waals surface area (Å²) in [5.41, 5.74) is 3.25. The van der Waals surface area contributed by atoms with Crippen molar-refractivity contribution < 1.29 is 14.6 Å². The Morgan fingerprint density at radius 1 is 1.24 bits per heavy atom. The number of rotatable bonds is 8. The maximum absolute atomic E-state index is 9.74. The predicted molar refractivity (Wildman–Crippen MR) is 66.7 cm³/mol. The lowest BCUT2D eigenvalue weighted by Gasteiger charge is -2.28. The lowest BCUT2D eigenvalue weighted by Crippen LogP contribution is -2.46. The Labute approximate surface area is 104 Å². The second-order valence-electron chi connectivity index (χ2n) is 4.66. The summed E-state index contributed by atoms with van der Waals surface area (Å²) >= 11 is 0. The standard InChI is InChI=1S/C12H26N2O3/c1-11(9-16-2)17-10-12(15)8-13-14-6-4-3-5-7-14/h11-13,15H,3-10H2,1-2H3. The first-order valence-electron chi connectivity index (χ1n) is 6.49. The van der Waals surface area contributed by atoms with Crippen molar-refractivity contribution in [3.63, 3.8) is 0 Å². The van der Waals surface area contributed by atoms with Crippen LogP contribution in [0.3, 0.4) is 0 Å². The summed E-state index contributed by atoms with van der Waals surface area (Å²) in [4.78, 5) is 0. The summed E-state index contributed by atoms with van der Waals surface area (Å²) in [6.45, 7) is 5.56. The first-order chi connectivity index (χ1) is 8.22. The molecule has 1 fully saturated rings. The lowest BCUT2D eigenvalue weighted by molar-refractivity contribution is -0.0362. The van der Waals surface area contributed by atoms with E-state index in [0.29, 0.717) is 19.8 Å². The Bertz CT molecular complexity index is 187. The molecular weight excluding hydrogens is 220 g/mol. The van der Waals surface area contributed by atoms with Crippen LogP contribution < -0.4 is 5.43 Å². The van der Waals surface area contributed by atoms with Gasteiger partial charge in [0.25, 0.3) is 0 Å². The fourth-order valence-corrected chi connectivity index (χ4v) is 1.90. The predicted octanol–water partition coefficient (Wildman–Crippen LogP) is 0.389. The number of hydrogen-bond donors (Lipinski definition) is 2. The van der Waals surface area contributed by atoms with Gasteiger partial charge in [-0.1, -0.05) is 6.42 Å². The quantitative estimate of drug-likeness (QED) is 0.649. The summed E-state index contributed by atoms with van der Waals surface area (Å²) in [5.74, 6) is 0. The van der Waals surface area contributed by atoms with Crippen LogP contribution in [0.25, 0.3) is 0 Å². The highest BCUT2D eigenvalue weighted by atomic mass is 16.5. The Morgan fingerprint density at radius 2 is 1.94 bits per heavy atom. The van der Waals surface area contributed by atoms with Crippen LogP contribution >= 0.6 is 0 Å². The van der Waals surface area contributed by atoms with Gasteiger partial charge in [-0.05, 0) is 19.8 Å². The van der Waals surface area contributed by atoms with Crippen LogP contribution in [0.5, 0.6) is 0 Å². The highest BCUT2D eigenvalue weighted by molar-refractivity contribution is 4.64. The summed E-state index contributed by atoms with van der Waals surface area (Å²) in [6, 6.07) is 0. The van der Waals surface area contributed by atoms with Gasteiger partial charge in [-0.15, -0.1) is 0 Å². The lowest BCUT2D eigenvalue weighted by atomic mass is 10.2.